The molecular formula is C15H19N3O3. The zero-order chi connectivity index (χ0) is 15.4. The van der Waals surface area contributed by atoms with Crippen molar-refractivity contribution in [1.29, 1.82) is 0 Å². The number of ether oxygens (including phenoxy) is 1. The first-order valence-corrected chi connectivity index (χ1v) is 6.79. The number of amides is 1. The molecule has 0 bridgehead atoms. The molecule has 112 valence electrons. The number of aryl methyl sites for hydroxylation is 2. The summed E-state index contributed by atoms with van der Waals surface area (Å²) in [6, 6.07) is 3.43. The van der Waals surface area contributed by atoms with E-state index in [1.54, 1.807) is 30.3 Å². The van der Waals surface area contributed by atoms with Crippen molar-refractivity contribution < 1.29 is 14.1 Å². The maximum atomic E-state index is 12.5. The first-order chi connectivity index (χ1) is 10.0. The maximum absolute atomic E-state index is 12.5. The van der Waals surface area contributed by atoms with Crippen molar-refractivity contribution in [2.75, 3.05) is 13.7 Å². The van der Waals surface area contributed by atoms with Crippen LogP contribution in [0.5, 0.6) is 5.88 Å². The van der Waals surface area contributed by atoms with E-state index in [-0.39, 0.29) is 5.91 Å². The normalized spacial score (nSPS) is 10.5. The highest BCUT2D eigenvalue weighted by molar-refractivity contribution is 5.96. The third kappa shape index (κ3) is 3.21. The molecule has 2 rings (SSSR count). The van der Waals surface area contributed by atoms with E-state index >= 15 is 0 Å². The lowest BCUT2D eigenvalue weighted by Gasteiger charge is -2.18. The van der Waals surface area contributed by atoms with Gasteiger partial charge in [-0.1, -0.05) is 5.16 Å². The van der Waals surface area contributed by atoms with Crippen LogP contribution in [0.25, 0.3) is 0 Å². The molecule has 6 nitrogen and oxygen atoms in total. The lowest BCUT2D eigenvalue weighted by atomic mass is 10.1. The van der Waals surface area contributed by atoms with Crippen molar-refractivity contribution in [2.45, 2.75) is 27.3 Å². The van der Waals surface area contributed by atoms with Gasteiger partial charge in [-0.3, -0.25) is 4.79 Å². The van der Waals surface area contributed by atoms with Gasteiger partial charge < -0.3 is 14.2 Å². The van der Waals surface area contributed by atoms with E-state index in [2.05, 4.69) is 10.1 Å². The van der Waals surface area contributed by atoms with Crippen molar-refractivity contribution in [2.24, 2.45) is 0 Å². The Morgan fingerprint density at radius 2 is 2.19 bits per heavy atom. The van der Waals surface area contributed by atoms with Crippen LogP contribution in [-0.4, -0.2) is 34.6 Å². The Bertz CT molecular complexity index is 617. The molecule has 0 unspecified atom stereocenters. The SMILES string of the molecule is CCOc1ncccc1C(=O)N(C)Cc1c(C)noc1C. The van der Waals surface area contributed by atoms with E-state index in [4.69, 9.17) is 9.26 Å². The quantitative estimate of drug-likeness (QED) is 0.845. The summed E-state index contributed by atoms with van der Waals surface area (Å²) in [6.07, 6.45) is 1.61. The first-order valence-electron chi connectivity index (χ1n) is 6.79. The number of hydrogen-bond donors (Lipinski definition) is 0. The van der Waals surface area contributed by atoms with Crippen LogP contribution < -0.4 is 4.74 Å². The van der Waals surface area contributed by atoms with E-state index in [1.165, 1.54) is 0 Å². The summed E-state index contributed by atoms with van der Waals surface area (Å²) in [7, 11) is 1.73. The molecule has 0 fully saturated rings. The molecule has 21 heavy (non-hydrogen) atoms. The largest absolute Gasteiger partial charge is 0.477 e. The maximum Gasteiger partial charge on any atom is 0.259 e. The van der Waals surface area contributed by atoms with Crippen LogP contribution in [-0.2, 0) is 6.54 Å². The summed E-state index contributed by atoms with van der Waals surface area (Å²) in [4.78, 5) is 18.3. The van der Waals surface area contributed by atoms with Gasteiger partial charge in [0.1, 0.15) is 11.3 Å². The second kappa shape index (κ2) is 6.39. The van der Waals surface area contributed by atoms with Gasteiger partial charge in [0.15, 0.2) is 0 Å². The molecule has 1 amide bonds. The minimum atomic E-state index is -0.147. The highest BCUT2D eigenvalue weighted by Gasteiger charge is 2.20. The van der Waals surface area contributed by atoms with E-state index in [0.717, 1.165) is 17.0 Å². The fourth-order valence-corrected chi connectivity index (χ4v) is 2.05. The van der Waals surface area contributed by atoms with Gasteiger partial charge in [0.25, 0.3) is 5.91 Å². The summed E-state index contributed by atoms with van der Waals surface area (Å²) in [5, 5.41) is 3.90. The Labute approximate surface area is 123 Å². The number of nitrogens with zero attached hydrogens (tertiary/aromatic N) is 3. The topological polar surface area (TPSA) is 68.5 Å². The number of rotatable bonds is 5. The van der Waals surface area contributed by atoms with Gasteiger partial charge in [0.05, 0.1) is 18.8 Å². The monoisotopic (exact) mass is 289 g/mol. The van der Waals surface area contributed by atoms with Crippen molar-refractivity contribution in [3.8, 4) is 5.88 Å². The molecule has 6 heteroatoms. The minimum Gasteiger partial charge on any atom is -0.477 e. The molecule has 0 saturated heterocycles. The predicted molar refractivity (Wildman–Crippen MR) is 77.2 cm³/mol. The number of pyridine rings is 1. The van der Waals surface area contributed by atoms with Gasteiger partial charge in [-0.05, 0) is 32.9 Å². The molecule has 0 aliphatic rings. The molecule has 0 aromatic carbocycles. The van der Waals surface area contributed by atoms with Crippen LogP contribution in [0.2, 0.25) is 0 Å². The molecule has 2 aromatic heterocycles. The molecule has 0 saturated carbocycles. The average Bonchev–Trinajstić information content (AvgIpc) is 2.79. The summed E-state index contributed by atoms with van der Waals surface area (Å²) < 4.78 is 10.5. The van der Waals surface area contributed by atoms with Crippen LogP contribution in [0, 0.1) is 13.8 Å². The lowest BCUT2D eigenvalue weighted by molar-refractivity contribution is 0.0779. The van der Waals surface area contributed by atoms with E-state index in [1.807, 2.05) is 20.8 Å². The fourth-order valence-electron chi connectivity index (χ4n) is 2.05. The Kier molecular flexibility index (Phi) is 4.57. The number of carbonyl (C=O) groups excluding carboxylic acids is 1. The van der Waals surface area contributed by atoms with Crippen LogP contribution in [0.4, 0.5) is 0 Å². The van der Waals surface area contributed by atoms with Gasteiger partial charge in [-0.2, -0.15) is 0 Å². The van der Waals surface area contributed by atoms with Crippen molar-refractivity contribution in [3.63, 3.8) is 0 Å². The highest BCUT2D eigenvalue weighted by atomic mass is 16.5. The highest BCUT2D eigenvalue weighted by Crippen LogP contribution is 2.19. The van der Waals surface area contributed by atoms with Gasteiger partial charge in [0.2, 0.25) is 5.88 Å². The second-order valence-corrected chi connectivity index (χ2v) is 4.75. The summed E-state index contributed by atoms with van der Waals surface area (Å²) in [5.74, 6) is 0.936. The van der Waals surface area contributed by atoms with Crippen LogP contribution in [0.15, 0.2) is 22.9 Å². The smallest absolute Gasteiger partial charge is 0.259 e. The molecule has 0 aliphatic carbocycles. The zero-order valence-electron chi connectivity index (χ0n) is 12.7. The average molecular weight is 289 g/mol. The number of carbonyl (C=O) groups is 1. The molecule has 0 radical (unpaired) electrons. The number of hydrogen-bond acceptors (Lipinski definition) is 5. The van der Waals surface area contributed by atoms with E-state index in [9.17, 15) is 4.79 Å². The van der Waals surface area contributed by atoms with Crippen molar-refractivity contribution in [1.82, 2.24) is 15.0 Å². The molecule has 0 spiro atoms. The third-order valence-corrected chi connectivity index (χ3v) is 3.21. The summed E-state index contributed by atoms with van der Waals surface area (Å²) in [6.45, 7) is 6.45. The predicted octanol–water partition coefficient (Wildman–Crippen LogP) is 2.36. The second-order valence-electron chi connectivity index (χ2n) is 4.75. The summed E-state index contributed by atoms with van der Waals surface area (Å²) >= 11 is 0. The van der Waals surface area contributed by atoms with E-state index in [0.29, 0.717) is 24.6 Å². The first kappa shape index (κ1) is 15.0. The van der Waals surface area contributed by atoms with Crippen molar-refractivity contribution >= 4 is 5.91 Å². The van der Waals surface area contributed by atoms with Crippen LogP contribution in [0.1, 0.15) is 34.3 Å². The van der Waals surface area contributed by atoms with Gasteiger partial charge >= 0.3 is 0 Å². The van der Waals surface area contributed by atoms with Crippen molar-refractivity contribution in [3.05, 3.63) is 40.9 Å². The van der Waals surface area contributed by atoms with E-state index < -0.39 is 0 Å². The minimum absolute atomic E-state index is 0.147. The summed E-state index contributed by atoms with van der Waals surface area (Å²) in [5.41, 5.74) is 2.17. The Balaban J connectivity index is 2.20. The van der Waals surface area contributed by atoms with Gasteiger partial charge in [-0.25, -0.2) is 4.98 Å². The Hall–Kier alpha value is -2.37. The standard InChI is InChI=1S/C15H19N3O3/c1-5-20-14-12(7-6-8-16-14)15(19)18(4)9-13-10(2)17-21-11(13)3/h6-8H,5,9H2,1-4H3. The number of aromatic nitrogens is 2. The van der Waals surface area contributed by atoms with Gasteiger partial charge in [-0.15, -0.1) is 0 Å². The molecule has 2 aromatic rings. The Morgan fingerprint density at radius 1 is 1.43 bits per heavy atom. The lowest BCUT2D eigenvalue weighted by Crippen LogP contribution is -2.27. The molecule has 0 atom stereocenters. The Morgan fingerprint density at radius 3 is 2.81 bits per heavy atom. The molecule has 0 N–H and O–H groups in total. The third-order valence-electron chi connectivity index (χ3n) is 3.21. The molecule has 0 aliphatic heterocycles. The van der Waals surface area contributed by atoms with Gasteiger partial charge in [0, 0.05) is 18.8 Å². The van der Waals surface area contributed by atoms with Crippen LogP contribution in [0.3, 0.4) is 0 Å². The zero-order valence-corrected chi connectivity index (χ0v) is 12.7. The fraction of sp³-hybridized carbons (Fsp3) is 0.400. The van der Waals surface area contributed by atoms with Crippen LogP contribution >= 0.6 is 0 Å². The molecule has 2 heterocycles. The molecular weight excluding hydrogens is 270 g/mol.